The van der Waals surface area contributed by atoms with Gasteiger partial charge in [-0.1, -0.05) is 6.92 Å². The van der Waals surface area contributed by atoms with Crippen molar-refractivity contribution >= 4 is 10.2 Å². The van der Waals surface area contributed by atoms with Crippen LogP contribution >= 0.6 is 0 Å². The van der Waals surface area contributed by atoms with Crippen molar-refractivity contribution in [1.29, 1.82) is 0 Å². The summed E-state index contributed by atoms with van der Waals surface area (Å²) in [5.41, 5.74) is 0. The van der Waals surface area contributed by atoms with Crippen molar-refractivity contribution in [2.45, 2.75) is 39.2 Å². The molecular formula is C13H30N4O2S. The van der Waals surface area contributed by atoms with Crippen molar-refractivity contribution in [3.8, 4) is 0 Å². The third kappa shape index (κ3) is 6.05. The van der Waals surface area contributed by atoms with Crippen LogP contribution in [0.25, 0.3) is 0 Å². The second-order valence-electron chi connectivity index (χ2n) is 5.47. The highest BCUT2D eigenvalue weighted by molar-refractivity contribution is 7.87. The van der Waals surface area contributed by atoms with Crippen LogP contribution in [0.15, 0.2) is 0 Å². The topological polar surface area (TPSA) is 64.7 Å². The Morgan fingerprint density at radius 3 is 2.55 bits per heavy atom. The fourth-order valence-electron chi connectivity index (χ4n) is 2.37. The predicted octanol–water partition coefficient (Wildman–Crippen LogP) is 0.237. The van der Waals surface area contributed by atoms with E-state index in [1.165, 1.54) is 17.1 Å². The smallest absolute Gasteiger partial charge is 0.279 e. The zero-order valence-corrected chi connectivity index (χ0v) is 13.9. The molecule has 2 N–H and O–H groups in total. The highest BCUT2D eigenvalue weighted by Gasteiger charge is 2.22. The average molecular weight is 306 g/mol. The van der Waals surface area contributed by atoms with Gasteiger partial charge in [-0.3, -0.25) is 4.90 Å². The summed E-state index contributed by atoms with van der Waals surface area (Å²) in [6.45, 7) is 9.09. The fourth-order valence-corrected chi connectivity index (χ4v) is 3.41. The van der Waals surface area contributed by atoms with Crippen LogP contribution in [0, 0.1) is 0 Å². The summed E-state index contributed by atoms with van der Waals surface area (Å²) in [6.07, 6.45) is 3.27. The first-order chi connectivity index (χ1) is 9.47. The maximum atomic E-state index is 12.1. The van der Waals surface area contributed by atoms with Crippen molar-refractivity contribution < 1.29 is 8.42 Å². The van der Waals surface area contributed by atoms with Crippen LogP contribution < -0.4 is 10.0 Å². The third-order valence-electron chi connectivity index (χ3n) is 3.81. The van der Waals surface area contributed by atoms with Crippen LogP contribution in [0.2, 0.25) is 0 Å². The van der Waals surface area contributed by atoms with E-state index in [1.54, 1.807) is 7.05 Å². The number of rotatable bonds is 10. The first-order valence-corrected chi connectivity index (χ1v) is 9.07. The van der Waals surface area contributed by atoms with Crippen molar-refractivity contribution in [2.75, 3.05) is 46.3 Å². The van der Waals surface area contributed by atoms with Gasteiger partial charge in [0, 0.05) is 26.2 Å². The first-order valence-electron chi connectivity index (χ1n) is 7.63. The molecular weight excluding hydrogens is 276 g/mol. The molecule has 1 rings (SSSR count). The minimum atomic E-state index is -3.34. The number of nitrogens with zero attached hydrogens (tertiary/aromatic N) is 2. The van der Waals surface area contributed by atoms with E-state index in [1.807, 2.05) is 6.92 Å². The third-order valence-corrected chi connectivity index (χ3v) is 5.35. The molecule has 0 aromatic rings. The number of nitrogens with one attached hydrogen (secondary N) is 2. The Kier molecular flexibility index (Phi) is 7.98. The Labute approximate surface area is 124 Å². The molecule has 0 radical (unpaired) electrons. The van der Waals surface area contributed by atoms with Crippen LogP contribution in [-0.2, 0) is 10.2 Å². The molecule has 20 heavy (non-hydrogen) atoms. The molecule has 120 valence electrons. The molecule has 1 heterocycles. The molecule has 0 saturated carbocycles. The van der Waals surface area contributed by atoms with E-state index < -0.39 is 10.2 Å². The van der Waals surface area contributed by atoms with Crippen LogP contribution in [0.1, 0.15) is 33.1 Å². The molecule has 0 aromatic carbocycles. The Bertz CT molecular complexity index is 355. The standard InChI is InChI=1S/C13H30N4O2S/c1-4-14-8-7-9-16(3)20(18,19)15-12-13(2)17-10-5-6-11-17/h13-15H,4-12H2,1-3H3. The van der Waals surface area contributed by atoms with E-state index in [2.05, 4.69) is 21.9 Å². The lowest BCUT2D eigenvalue weighted by Crippen LogP contribution is -2.45. The van der Waals surface area contributed by atoms with Gasteiger partial charge in [-0.05, 0) is 52.4 Å². The summed E-state index contributed by atoms with van der Waals surface area (Å²) in [5.74, 6) is 0. The summed E-state index contributed by atoms with van der Waals surface area (Å²) in [5, 5.41) is 3.19. The van der Waals surface area contributed by atoms with Crippen LogP contribution in [0.3, 0.4) is 0 Å². The maximum Gasteiger partial charge on any atom is 0.279 e. The Hall–Kier alpha value is -0.210. The number of likely N-dealkylation sites (tertiary alicyclic amines) is 1. The van der Waals surface area contributed by atoms with E-state index >= 15 is 0 Å². The highest BCUT2D eigenvalue weighted by atomic mass is 32.2. The normalized spacial score (nSPS) is 18.8. The van der Waals surface area contributed by atoms with Gasteiger partial charge in [0.15, 0.2) is 0 Å². The average Bonchev–Trinajstić information content (AvgIpc) is 2.95. The van der Waals surface area contributed by atoms with E-state index in [-0.39, 0.29) is 6.04 Å². The lowest BCUT2D eigenvalue weighted by molar-refractivity contribution is 0.258. The zero-order valence-electron chi connectivity index (χ0n) is 13.1. The van der Waals surface area contributed by atoms with Gasteiger partial charge in [0.05, 0.1) is 0 Å². The molecule has 0 aromatic heterocycles. The Morgan fingerprint density at radius 2 is 1.95 bits per heavy atom. The van der Waals surface area contributed by atoms with Gasteiger partial charge in [0.1, 0.15) is 0 Å². The van der Waals surface area contributed by atoms with Crippen LogP contribution in [0.5, 0.6) is 0 Å². The maximum absolute atomic E-state index is 12.1. The van der Waals surface area contributed by atoms with Crippen LogP contribution in [0.4, 0.5) is 0 Å². The van der Waals surface area contributed by atoms with Gasteiger partial charge in [0.25, 0.3) is 10.2 Å². The number of hydrogen-bond donors (Lipinski definition) is 2. The lowest BCUT2D eigenvalue weighted by Gasteiger charge is -2.25. The molecule has 0 amide bonds. The summed E-state index contributed by atoms with van der Waals surface area (Å²) in [6, 6.07) is 0.266. The fraction of sp³-hybridized carbons (Fsp3) is 1.00. The first kappa shape index (κ1) is 17.8. The molecule has 1 aliphatic rings. The summed E-state index contributed by atoms with van der Waals surface area (Å²) in [7, 11) is -1.71. The Balaban J connectivity index is 2.28. The molecule has 7 heteroatoms. The van der Waals surface area contributed by atoms with Gasteiger partial charge in [-0.25, -0.2) is 4.72 Å². The molecule has 1 atom stereocenters. The highest BCUT2D eigenvalue weighted by Crippen LogP contribution is 2.11. The molecule has 0 spiro atoms. The molecule has 6 nitrogen and oxygen atoms in total. The zero-order chi connectivity index (χ0) is 15.0. The minimum absolute atomic E-state index is 0.266. The second kappa shape index (κ2) is 8.94. The van der Waals surface area contributed by atoms with E-state index in [4.69, 9.17) is 0 Å². The van der Waals surface area contributed by atoms with Crippen molar-refractivity contribution in [1.82, 2.24) is 19.2 Å². The number of hydrogen-bond acceptors (Lipinski definition) is 4. The van der Waals surface area contributed by atoms with E-state index in [0.717, 1.165) is 32.6 Å². The van der Waals surface area contributed by atoms with Gasteiger partial charge < -0.3 is 5.32 Å². The van der Waals surface area contributed by atoms with Gasteiger partial charge in [0.2, 0.25) is 0 Å². The monoisotopic (exact) mass is 306 g/mol. The minimum Gasteiger partial charge on any atom is -0.317 e. The van der Waals surface area contributed by atoms with Gasteiger partial charge in [-0.2, -0.15) is 12.7 Å². The lowest BCUT2D eigenvalue weighted by atomic mass is 10.3. The van der Waals surface area contributed by atoms with E-state index in [0.29, 0.717) is 13.1 Å². The summed E-state index contributed by atoms with van der Waals surface area (Å²) < 4.78 is 28.3. The van der Waals surface area contributed by atoms with E-state index in [9.17, 15) is 8.42 Å². The van der Waals surface area contributed by atoms with Gasteiger partial charge in [-0.15, -0.1) is 0 Å². The van der Waals surface area contributed by atoms with Crippen LogP contribution in [-0.4, -0.2) is 70.0 Å². The predicted molar refractivity (Wildman–Crippen MR) is 83.0 cm³/mol. The van der Waals surface area contributed by atoms with Crippen molar-refractivity contribution in [3.63, 3.8) is 0 Å². The largest absolute Gasteiger partial charge is 0.317 e. The molecule has 0 aliphatic carbocycles. The molecule has 1 saturated heterocycles. The quantitative estimate of drug-likeness (QED) is 0.567. The summed E-state index contributed by atoms with van der Waals surface area (Å²) in [4.78, 5) is 2.34. The molecule has 1 unspecified atom stereocenters. The van der Waals surface area contributed by atoms with Gasteiger partial charge >= 0.3 is 0 Å². The molecule has 1 aliphatic heterocycles. The molecule has 1 fully saturated rings. The summed E-state index contributed by atoms with van der Waals surface area (Å²) >= 11 is 0. The van der Waals surface area contributed by atoms with Crippen molar-refractivity contribution in [2.24, 2.45) is 0 Å². The van der Waals surface area contributed by atoms with Crippen molar-refractivity contribution in [3.05, 3.63) is 0 Å². The second-order valence-corrected chi connectivity index (χ2v) is 7.34. The molecule has 0 bridgehead atoms. The SMILES string of the molecule is CCNCCCN(C)S(=O)(=O)NCC(C)N1CCCC1. The Morgan fingerprint density at radius 1 is 1.30 bits per heavy atom.